The molecule has 0 N–H and O–H groups in total. The molecule has 0 aromatic carbocycles. The molecule has 98 valence electrons. The first-order valence-corrected chi connectivity index (χ1v) is 7.32. The van der Waals surface area contributed by atoms with E-state index < -0.39 is 0 Å². The van der Waals surface area contributed by atoms with Crippen molar-refractivity contribution >= 4 is 5.97 Å². The van der Waals surface area contributed by atoms with Gasteiger partial charge in [-0.05, 0) is 62.7 Å². The predicted octanol–water partition coefficient (Wildman–Crippen LogP) is 3.16. The highest BCUT2D eigenvalue weighted by Crippen LogP contribution is 2.60. The maximum atomic E-state index is 12.4. The minimum Gasteiger partial charge on any atom is -0.465 e. The van der Waals surface area contributed by atoms with Gasteiger partial charge in [0, 0.05) is 6.42 Å². The van der Waals surface area contributed by atoms with Crippen LogP contribution in [0.1, 0.15) is 51.4 Å². The minimum atomic E-state index is -0.106. The molecule has 4 aliphatic rings. The van der Waals surface area contributed by atoms with E-state index in [4.69, 9.17) is 11.2 Å². The first kappa shape index (κ1) is 12.1. The van der Waals surface area contributed by atoms with Gasteiger partial charge in [-0.15, -0.1) is 12.3 Å². The molecule has 4 fully saturated rings. The highest BCUT2D eigenvalue weighted by atomic mass is 16.5. The van der Waals surface area contributed by atoms with E-state index in [1.54, 1.807) is 0 Å². The van der Waals surface area contributed by atoms with E-state index in [2.05, 4.69) is 5.92 Å². The zero-order valence-electron chi connectivity index (χ0n) is 11.0. The summed E-state index contributed by atoms with van der Waals surface area (Å²) in [6.07, 6.45) is 14.1. The molecule has 2 nitrogen and oxygen atoms in total. The van der Waals surface area contributed by atoms with Gasteiger partial charge in [0.05, 0.1) is 12.0 Å². The van der Waals surface area contributed by atoms with Crippen LogP contribution in [0.3, 0.4) is 0 Å². The van der Waals surface area contributed by atoms with Crippen molar-refractivity contribution in [1.82, 2.24) is 0 Å². The summed E-state index contributed by atoms with van der Waals surface area (Å²) in [4.78, 5) is 12.4. The number of unbranched alkanes of at least 4 members (excludes halogenated alkanes) is 1. The maximum Gasteiger partial charge on any atom is 0.312 e. The van der Waals surface area contributed by atoms with Crippen LogP contribution < -0.4 is 0 Å². The van der Waals surface area contributed by atoms with Crippen molar-refractivity contribution in [3.05, 3.63) is 0 Å². The summed E-state index contributed by atoms with van der Waals surface area (Å²) in [6.45, 7) is 0.505. The summed E-state index contributed by atoms with van der Waals surface area (Å²) in [5.41, 5.74) is -0.106. The molecule has 0 saturated heterocycles. The molecule has 4 rings (SSSR count). The van der Waals surface area contributed by atoms with Crippen LogP contribution in [0.2, 0.25) is 0 Å². The number of hydrogen-bond acceptors (Lipinski definition) is 2. The monoisotopic (exact) mass is 246 g/mol. The molecule has 4 aliphatic carbocycles. The lowest BCUT2D eigenvalue weighted by atomic mass is 9.49. The molecule has 0 amide bonds. The maximum absolute atomic E-state index is 12.4. The number of terminal acetylenes is 1. The van der Waals surface area contributed by atoms with E-state index in [-0.39, 0.29) is 11.4 Å². The molecule has 0 radical (unpaired) electrons. The summed E-state index contributed by atoms with van der Waals surface area (Å²) in [5.74, 6) is 5.07. The van der Waals surface area contributed by atoms with Gasteiger partial charge in [0.25, 0.3) is 0 Å². The van der Waals surface area contributed by atoms with Gasteiger partial charge in [-0.25, -0.2) is 0 Å². The number of carbonyl (C=O) groups excluding carboxylic acids is 1. The fourth-order valence-electron chi connectivity index (χ4n) is 4.85. The first-order chi connectivity index (χ1) is 8.72. The Hall–Kier alpha value is -0.970. The molecule has 0 heterocycles. The fourth-order valence-corrected chi connectivity index (χ4v) is 4.85. The molecule has 18 heavy (non-hydrogen) atoms. The number of esters is 1. The summed E-state index contributed by atoms with van der Waals surface area (Å²) in [6, 6.07) is 0. The van der Waals surface area contributed by atoms with Crippen LogP contribution in [0.5, 0.6) is 0 Å². The average Bonchev–Trinajstić information content (AvgIpc) is 2.32. The van der Waals surface area contributed by atoms with Gasteiger partial charge in [0.2, 0.25) is 0 Å². The average molecular weight is 246 g/mol. The smallest absolute Gasteiger partial charge is 0.312 e. The molecule has 4 bridgehead atoms. The van der Waals surface area contributed by atoms with Crippen LogP contribution in [0.25, 0.3) is 0 Å². The summed E-state index contributed by atoms with van der Waals surface area (Å²) < 4.78 is 5.49. The van der Waals surface area contributed by atoms with Crippen molar-refractivity contribution in [2.24, 2.45) is 23.2 Å². The fraction of sp³-hybridized carbons (Fsp3) is 0.812. The van der Waals surface area contributed by atoms with Crippen LogP contribution in [0.4, 0.5) is 0 Å². The number of rotatable bonds is 4. The third-order valence-electron chi connectivity index (χ3n) is 5.17. The van der Waals surface area contributed by atoms with Crippen molar-refractivity contribution < 1.29 is 9.53 Å². The Morgan fingerprint density at radius 2 is 1.72 bits per heavy atom. The second-order valence-corrected chi connectivity index (χ2v) is 6.64. The Labute approximate surface area is 109 Å². The summed E-state index contributed by atoms with van der Waals surface area (Å²) >= 11 is 0. The lowest BCUT2D eigenvalue weighted by molar-refractivity contribution is -0.171. The predicted molar refractivity (Wildman–Crippen MR) is 69.6 cm³/mol. The van der Waals surface area contributed by atoms with Crippen molar-refractivity contribution in [2.75, 3.05) is 6.61 Å². The van der Waals surface area contributed by atoms with Gasteiger partial charge >= 0.3 is 5.97 Å². The van der Waals surface area contributed by atoms with Crippen LogP contribution >= 0.6 is 0 Å². The molecule has 0 unspecified atom stereocenters. The van der Waals surface area contributed by atoms with E-state index in [9.17, 15) is 4.79 Å². The molecule has 0 aromatic heterocycles. The zero-order valence-corrected chi connectivity index (χ0v) is 11.0. The van der Waals surface area contributed by atoms with Gasteiger partial charge in [0.15, 0.2) is 0 Å². The van der Waals surface area contributed by atoms with Gasteiger partial charge in [-0.3, -0.25) is 4.79 Å². The number of hydrogen-bond donors (Lipinski definition) is 0. The van der Waals surface area contributed by atoms with E-state index in [1.807, 2.05) is 0 Å². The number of ether oxygens (including phenoxy) is 1. The first-order valence-electron chi connectivity index (χ1n) is 7.32. The molecular formula is C16H22O2. The SMILES string of the molecule is C#CCCCOC(=O)C12CC3CC(CC(C3)C1)C2. The second kappa shape index (κ2) is 4.61. The highest BCUT2D eigenvalue weighted by Gasteiger charge is 2.55. The molecule has 0 aliphatic heterocycles. The molecular weight excluding hydrogens is 224 g/mol. The molecule has 2 heteroatoms. The van der Waals surface area contributed by atoms with Gasteiger partial charge < -0.3 is 4.74 Å². The van der Waals surface area contributed by atoms with Gasteiger partial charge in [0.1, 0.15) is 0 Å². The van der Waals surface area contributed by atoms with E-state index in [0.29, 0.717) is 13.0 Å². The third-order valence-corrected chi connectivity index (χ3v) is 5.17. The van der Waals surface area contributed by atoms with Crippen molar-refractivity contribution in [3.63, 3.8) is 0 Å². The second-order valence-electron chi connectivity index (χ2n) is 6.64. The lowest BCUT2D eigenvalue weighted by Crippen LogP contribution is -2.50. The number of carbonyl (C=O) groups is 1. The Kier molecular flexibility index (Phi) is 3.09. The van der Waals surface area contributed by atoms with Crippen molar-refractivity contribution in [1.29, 1.82) is 0 Å². The Balaban J connectivity index is 1.61. The van der Waals surface area contributed by atoms with E-state index in [0.717, 1.165) is 43.4 Å². The van der Waals surface area contributed by atoms with Crippen molar-refractivity contribution in [2.45, 2.75) is 51.4 Å². The van der Waals surface area contributed by atoms with E-state index in [1.165, 1.54) is 19.3 Å². The Morgan fingerprint density at radius 3 is 2.22 bits per heavy atom. The summed E-state index contributed by atoms with van der Waals surface area (Å²) in [7, 11) is 0. The standard InChI is InChI=1S/C16H22O2/c1-2-3-4-5-18-15(17)16-9-12-6-13(10-16)8-14(7-12)11-16/h1,12-14H,3-11H2. The Bertz CT molecular complexity index is 342. The van der Waals surface area contributed by atoms with Crippen LogP contribution in [-0.2, 0) is 9.53 Å². The molecule has 0 atom stereocenters. The summed E-state index contributed by atoms with van der Waals surface area (Å²) in [5, 5.41) is 0. The van der Waals surface area contributed by atoms with Crippen LogP contribution in [-0.4, -0.2) is 12.6 Å². The molecule has 0 aromatic rings. The van der Waals surface area contributed by atoms with E-state index >= 15 is 0 Å². The highest BCUT2D eigenvalue weighted by molar-refractivity contribution is 5.77. The van der Waals surface area contributed by atoms with Gasteiger partial charge in [-0.2, -0.15) is 0 Å². The minimum absolute atomic E-state index is 0.0821. The largest absolute Gasteiger partial charge is 0.465 e. The molecule has 0 spiro atoms. The van der Waals surface area contributed by atoms with Crippen LogP contribution in [0.15, 0.2) is 0 Å². The Morgan fingerprint density at radius 1 is 1.17 bits per heavy atom. The quantitative estimate of drug-likeness (QED) is 0.433. The third kappa shape index (κ3) is 2.05. The normalized spacial score (nSPS) is 40.5. The molecule has 4 saturated carbocycles. The van der Waals surface area contributed by atoms with Crippen molar-refractivity contribution in [3.8, 4) is 12.3 Å². The lowest BCUT2D eigenvalue weighted by Gasteiger charge is -2.55. The zero-order chi connectivity index (χ0) is 12.6. The van der Waals surface area contributed by atoms with Crippen LogP contribution in [0, 0.1) is 35.5 Å². The van der Waals surface area contributed by atoms with Gasteiger partial charge in [-0.1, -0.05) is 0 Å². The topological polar surface area (TPSA) is 26.3 Å².